The van der Waals surface area contributed by atoms with Crippen LogP contribution in [0, 0.1) is 6.08 Å². The smallest absolute Gasteiger partial charge is 0.0620 e. The van der Waals surface area contributed by atoms with Gasteiger partial charge in [-0.3, -0.25) is 5.57 Å². The average Bonchev–Trinajstić information content (AvgIpc) is 2.77. The molecular formula is C25H30ClNPPt. The van der Waals surface area contributed by atoms with Crippen LogP contribution in [0.3, 0.4) is 0 Å². The van der Waals surface area contributed by atoms with Crippen molar-refractivity contribution in [3.05, 3.63) is 103 Å². The van der Waals surface area contributed by atoms with E-state index in [1.54, 1.807) is 18.8 Å². The van der Waals surface area contributed by atoms with E-state index in [-0.39, 0.29) is 0 Å². The molecule has 0 radical (unpaired) electrons. The van der Waals surface area contributed by atoms with Gasteiger partial charge < -0.3 is 11.0 Å². The summed E-state index contributed by atoms with van der Waals surface area (Å²) in [6.07, 6.45) is 3.19. The zero-order chi connectivity index (χ0) is 21.5. The molecule has 4 heteroatoms. The van der Waals surface area contributed by atoms with Crippen LogP contribution in [0.2, 0.25) is 0 Å². The second kappa shape index (κ2) is 15.6. The summed E-state index contributed by atoms with van der Waals surface area (Å²) in [4.78, 5) is 2.09. The molecule has 0 fully saturated rings. The van der Waals surface area contributed by atoms with Gasteiger partial charge in [0.15, 0.2) is 0 Å². The normalized spacial score (nSPS) is 9.83. The van der Waals surface area contributed by atoms with Crippen molar-refractivity contribution in [2.24, 2.45) is 0 Å². The molecule has 0 atom stereocenters. The largest absolute Gasteiger partial charge is 0.102 e. The Morgan fingerprint density at radius 2 is 1.03 bits per heavy atom. The molecule has 0 aliphatic heterocycles. The molecule has 0 saturated carbocycles. The molecule has 0 aliphatic carbocycles. The van der Waals surface area contributed by atoms with Crippen molar-refractivity contribution in [2.75, 3.05) is 20.6 Å². The Kier molecular flexibility index (Phi) is 13.9. The summed E-state index contributed by atoms with van der Waals surface area (Å²) in [5, 5.41) is 4.31. The van der Waals surface area contributed by atoms with E-state index in [0.717, 1.165) is 6.54 Å². The Morgan fingerprint density at radius 1 is 0.724 bits per heavy atom. The van der Waals surface area contributed by atoms with Gasteiger partial charge in [0.1, 0.15) is 15.9 Å². The van der Waals surface area contributed by atoms with Gasteiger partial charge in [0.2, 0.25) is 0 Å². The van der Waals surface area contributed by atoms with Crippen LogP contribution in [-0.2, 0) is 18.8 Å². The first-order valence-corrected chi connectivity index (χ1v) is 13.7. The van der Waals surface area contributed by atoms with Crippen LogP contribution >= 0.6 is 17.3 Å². The Bertz CT molecular complexity index is 710. The standard InChI is InChI=1S/C18H15P.C7H14N.ClH.Pt/c1-4-10-16(11-5-1)19(17-12-6-2-7-13-17)18-14-8-3-9-15-18;1-7(2)5-6-8(3)4;;/h1-15H;6H2,1-4H3;1H;/q;-1;;+1. The quantitative estimate of drug-likeness (QED) is 0.286. The van der Waals surface area contributed by atoms with Crippen molar-refractivity contribution in [3.63, 3.8) is 0 Å². The van der Waals surface area contributed by atoms with Crippen LogP contribution < -0.4 is 15.9 Å². The number of allylic oxidation sites excluding steroid dienone is 1. The molecule has 0 spiro atoms. The van der Waals surface area contributed by atoms with Crippen molar-refractivity contribution in [3.8, 4) is 0 Å². The van der Waals surface area contributed by atoms with E-state index in [1.807, 2.05) is 14.1 Å². The van der Waals surface area contributed by atoms with Gasteiger partial charge in [-0.1, -0.05) is 68.4 Å². The molecule has 0 saturated heterocycles. The molecular weight excluding hydrogens is 576 g/mol. The van der Waals surface area contributed by atoms with Crippen LogP contribution in [-0.4, -0.2) is 25.5 Å². The van der Waals surface area contributed by atoms with Gasteiger partial charge in [-0.25, -0.2) is 0 Å². The minimum Gasteiger partial charge on any atom is -0.0620 e. The van der Waals surface area contributed by atoms with Crippen LogP contribution in [0.5, 0.6) is 0 Å². The number of nitrogens with zero attached hydrogens (tertiary/aromatic N) is 1. The zero-order valence-electron chi connectivity index (χ0n) is 17.5. The minimum atomic E-state index is -0.877. The Labute approximate surface area is 193 Å². The first kappa shape index (κ1) is 25.8. The number of hydrogen-bond acceptors (Lipinski definition) is 1. The summed E-state index contributed by atoms with van der Waals surface area (Å²) in [5.41, 5.74) is 1.26. The van der Waals surface area contributed by atoms with Crippen molar-refractivity contribution >= 4 is 33.3 Å². The van der Waals surface area contributed by atoms with Gasteiger partial charge in [-0.15, -0.1) is 6.54 Å². The van der Waals surface area contributed by atoms with Crippen molar-refractivity contribution in [2.45, 2.75) is 13.8 Å². The van der Waals surface area contributed by atoms with Crippen molar-refractivity contribution < 1.29 is 18.8 Å². The molecule has 0 N–H and O–H groups in total. The van der Waals surface area contributed by atoms with E-state index in [2.05, 4.69) is 125 Å². The van der Waals surface area contributed by atoms with E-state index in [1.165, 1.54) is 21.5 Å². The number of rotatable bonds is 5. The molecule has 3 aromatic carbocycles. The van der Waals surface area contributed by atoms with Gasteiger partial charge in [-0.2, -0.15) is 0 Å². The third kappa shape index (κ3) is 10.4. The molecule has 29 heavy (non-hydrogen) atoms. The first-order chi connectivity index (χ1) is 14.1. The van der Waals surface area contributed by atoms with E-state index >= 15 is 0 Å². The molecule has 0 bridgehead atoms. The second-order valence-corrected chi connectivity index (χ2v) is 9.37. The molecule has 157 valence electrons. The van der Waals surface area contributed by atoms with E-state index < -0.39 is 7.92 Å². The van der Waals surface area contributed by atoms with E-state index in [0.29, 0.717) is 0 Å². The molecule has 0 aliphatic rings. The van der Waals surface area contributed by atoms with Gasteiger partial charge in [0.25, 0.3) is 0 Å². The van der Waals surface area contributed by atoms with Crippen LogP contribution in [0.1, 0.15) is 13.8 Å². The molecule has 0 aromatic heterocycles. The number of halogens is 1. The first-order valence-electron chi connectivity index (χ1n) is 9.42. The predicted molar refractivity (Wildman–Crippen MR) is 129 cm³/mol. The van der Waals surface area contributed by atoms with Crippen LogP contribution in [0.25, 0.3) is 0 Å². The van der Waals surface area contributed by atoms with Crippen molar-refractivity contribution in [1.82, 2.24) is 4.90 Å². The summed E-state index contributed by atoms with van der Waals surface area (Å²) in [6, 6.07) is 32.5. The van der Waals surface area contributed by atoms with E-state index in [4.69, 9.17) is 0 Å². The number of likely N-dealkylation sites (N-methyl/N-ethyl adjacent to an activating group) is 1. The van der Waals surface area contributed by atoms with Gasteiger partial charge in [0, 0.05) is 0 Å². The second-order valence-electron chi connectivity index (χ2n) is 6.89. The molecule has 0 heterocycles. The summed E-state index contributed by atoms with van der Waals surface area (Å²) in [5.74, 6) is 0. The molecule has 3 rings (SSSR count). The molecule has 0 unspecified atom stereocenters. The Balaban J connectivity index is 0.000000358. The predicted octanol–water partition coefficient (Wildman–Crippen LogP) is 5.18. The Morgan fingerprint density at radius 3 is 1.24 bits per heavy atom. The summed E-state index contributed by atoms with van der Waals surface area (Å²) in [7, 11) is 7.81. The molecule has 3 aromatic rings. The monoisotopic (exact) mass is 605 g/mol. The fourth-order valence-corrected chi connectivity index (χ4v) is 5.21. The fourth-order valence-electron chi connectivity index (χ4n) is 2.63. The average molecular weight is 606 g/mol. The van der Waals surface area contributed by atoms with Crippen LogP contribution in [0.4, 0.5) is 0 Å². The van der Waals surface area contributed by atoms with Gasteiger partial charge in [0.05, 0.1) is 7.92 Å². The van der Waals surface area contributed by atoms with Crippen molar-refractivity contribution in [1.29, 1.82) is 0 Å². The summed E-state index contributed by atoms with van der Waals surface area (Å²) >= 11 is 1.61. The molecule has 0 amide bonds. The molecule has 1 nitrogen and oxygen atoms in total. The van der Waals surface area contributed by atoms with Gasteiger partial charge in [-0.05, 0) is 50.5 Å². The maximum Gasteiger partial charge on any atom is 0.102 e. The maximum absolute atomic E-state index is 4.61. The minimum absolute atomic E-state index is 0.877. The fraction of sp³-hybridized carbons (Fsp3) is 0.200. The Hall–Kier alpha value is -1.23. The van der Waals surface area contributed by atoms with E-state index in [9.17, 15) is 0 Å². The summed E-state index contributed by atoms with van der Waals surface area (Å²) in [6.45, 7) is 5.05. The SMILES string of the molecule is CC(C)=[C-]CN(C)C.[Cl][Pt].c1ccc([PH+](c2ccccc2)c2ccccc2)cc1. The third-order valence-corrected chi connectivity index (χ3v) is 6.67. The van der Waals surface area contributed by atoms with Gasteiger partial charge >= 0.3 is 28.2 Å². The third-order valence-electron chi connectivity index (χ3n) is 3.94. The topological polar surface area (TPSA) is 3.24 Å². The van der Waals surface area contributed by atoms with Crippen LogP contribution in [0.15, 0.2) is 96.6 Å². The number of hydrogen-bond donors (Lipinski definition) is 0. The maximum atomic E-state index is 4.61. The number of benzene rings is 3. The summed E-state index contributed by atoms with van der Waals surface area (Å²) < 4.78 is 0. The zero-order valence-corrected chi connectivity index (χ0v) is 21.5.